The number of nitrogens with one attached hydrogen (secondary N) is 2. The summed E-state index contributed by atoms with van der Waals surface area (Å²) >= 11 is 0. The van der Waals surface area contributed by atoms with Crippen LogP contribution in [-0.4, -0.2) is 41.3 Å². The molecule has 29 heavy (non-hydrogen) atoms. The van der Waals surface area contributed by atoms with Gasteiger partial charge >= 0.3 is 0 Å². The first-order valence-electron chi connectivity index (χ1n) is 8.79. The number of aromatic nitrogens is 1. The lowest BCUT2D eigenvalue weighted by molar-refractivity contribution is 0.386. The zero-order valence-electron chi connectivity index (χ0n) is 16.3. The van der Waals surface area contributed by atoms with Crippen molar-refractivity contribution in [3.8, 4) is 17.2 Å². The van der Waals surface area contributed by atoms with Crippen LogP contribution in [0.5, 0.6) is 17.2 Å². The Morgan fingerprint density at radius 1 is 0.931 bits per heavy atom. The molecule has 0 unspecified atom stereocenters. The van der Waals surface area contributed by atoms with Crippen LogP contribution < -0.4 is 24.5 Å². The lowest BCUT2D eigenvalue weighted by atomic mass is 10.1. The van der Waals surface area contributed by atoms with E-state index in [9.17, 15) is 13.2 Å². The molecule has 0 saturated carbocycles. The highest BCUT2D eigenvalue weighted by Gasteiger charge is 2.20. The van der Waals surface area contributed by atoms with Crippen LogP contribution in [0.1, 0.15) is 5.56 Å². The van der Waals surface area contributed by atoms with Gasteiger partial charge in [0.15, 0.2) is 0 Å². The van der Waals surface area contributed by atoms with E-state index in [4.69, 9.17) is 14.2 Å². The molecular weight excluding hydrogens is 396 g/mol. The number of rotatable bonds is 8. The smallest absolute Gasteiger partial charge is 0.251 e. The molecule has 0 atom stereocenters. The summed E-state index contributed by atoms with van der Waals surface area (Å²) in [4.78, 5) is 15.1. The highest BCUT2D eigenvalue weighted by Crippen LogP contribution is 2.28. The average molecular weight is 418 g/mol. The van der Waals surface area contributed by atoms with Crippen molar-refractivity contribution in [3.63, 3.8) is 0 Å². The Bertz CT molecular complexity index is 1190. The van der Waals surface area contributed by atoms with Gasteiger partial charge in [0, 0.05) is 24.2 Å². The van der Waals surface area contributed by atoms with E-state index in [1.54, 1.807) is 31.4 Å². The Kier molecular flexibility index (Phi) is 6.09. The van der Waals surface area contributed by atoms with Gasteiger partial charge in [-0.2, -0.15) is 0 Å². The molecule has 0 aliphatic rings. The minimum atomic E-state index is -3.82. The highest BCUT2D eigenvalue weighted by atomic mass is 32.2. The van der Waals surface area contributed by atoms with Gasteiger partial charge in [0.05, 0.1) is 26.8 Å². The molecule has 9 heteroatoms. The third-order valence-corrected chi connectivity index (χ3v) is 5.98. The Hall–Kier alpha value is -3.04. The molecule has 3 aromatic rings. The van der Waals surface area contributed by atoms with Crippen LogP contribution in [-0.2, 0) is 16.4 Å². The van der Waals surface area contributed by atoms with Crippen molar-refractivity contribution in [2.75, 3.05) is 27.9 Å². The summed E-state index contributed by atoms with van der Waals surface area (Å²) < 4.78 is 43.2. The second-order valence-electron chi connectivity index (χ2n) is 6.24. The first-order chi connectivity index (χ1) is 13.9. The summed E-state index contributed by atoms with van der Waals surface area (Å²) in [6.45, 7) is 0.0578. The van der Waals surface area contributed by atoms with Crippen LogP contribution in [0.4, 0.5) is 0 Å². The number of ether oxygens (including phenoxy) is 3. The van der Waals surface area contributed by atoms with Gasteiger partial charge in [0.2, 0.25) is 10.0 Å². The molecule has 8 nitrogen and oxygen atoms in total. The SMILES string of the molecule is COc1ccc(S(=O)(=O)NCCc2cc3ccc(OC)cc3[nH]c2=O)c(OC)c1. The van der Waals surface area contributed by atoms with Gasteiger partial charge in [-0.3, -0.25) is 4.79 Å². The first-order valence-corrected chi connectivity index (χ1v) is 10.3. The summed E-state index contributed by atoms with van der Waals surface area (Å²) in [5.41, 5.74) is 0.862. The number of sulfonamides is 1. The van der Waals surface area contributed by atoms with Gasteiger partial charge < -0.3 is 19.2 Å². The molecule has 154 valence electrons. The summed E-state index contributed by atoms with van der Waals surface area (Å²) in [5.74, 6) is 1.30. The molecule has 0 spiro atoms. The molecule has 0 saturated heterocycles. The van der Waals surface area contributed by atoms with Crippen molar-refractivity contribution in [2.24, 2.45) is 0 Å². The lowest BCUT2D eigenvalue weighted by Gasteiger charge is -2.12. The minimum absolute atomic E-state index is 0.000293. The summed E-state index contributed by atoms with van der Waals surface area (Å²) in [7, 11) is 0.602. The molecule has 0 radical (unpaired) electrons. The second kappa shape index (κ2) is 8.54. The fraction of sp³-hybridized carbons (Fsp3) is 0.250. The monoisotopic (exact) mass is 418 g/mol. The molecule has 1 heterocycles. The third kappa shape index (κ3) is 4.52. The van der Waals surface area contributed by atoms with Crippen molar-refractivity contribution in [1.29, 1.82) is 0 Å². The number of hydrogen-bond acceptors (Lipinski definition) is 6. The zero-order valence-corrected chi connectivity index (χ0v) is 17.1. The largest absolute Gasteiger partial charge is 0.497 e. The second-order valence-corrected chi connectivity index (χ2v) is 7.98. The third-order valence-electron chi connectivity index (χ3n) is 4.48. The standard InChI is InChI=1S/C20H22N2O6S/c1-26-15-5-4-13-10-14(20(23)22-17(13)11-15)8-9-21-29(24,25)19-7-6-16(27-2)12-18(19)28-3/h4-7,10-12,21H,8-9H2,1-3H3,(H,22,23). The van der Waals surface area contributed by atoms with E-state index in [0.29, 0.717) is 22.6 Å². The zero-order chi connectivity index (χ0) is 21.0. The number of hydrogen-bond donors (Lipinski definition) is 2. The molecule has 2 aromatic carbocycles. The Morgan fingerprint density at radius 3 is 2.31 bits per heavy atom. The van der Waals surface area contributed by atoms with E-state index in [0.717, 1.165) is 5.39 Å². The van der Waals surface area contributed by atoms with Gasteiger partial charge in [0.1, 0.15) is 22.1 Å². The van der Waals surface area contributed by atoms with Crippen LogP contribution in [0.3, 0.4) is 0 Å². The highest BCUT2D eigenvalue weighted by molar-refractivity contribution is 7.89. The Morgan fingerprint density at radius 2 is 1.62 bits per heavy atom. The maximum atomic E-state index is 12.6. The van der Waals surface area contributed by atoms with Gasteiger partial charge in [-0.25, -0.2) is 13.1 Å². The van der Waals surface area contributed by atoms with E-state index in [-0.39, 0.29) is 29.2 Å². The first kappa shape index (κ1) is 20.7. The topological polar surface area (TPSA) is 107 Å². The predicted molar refractivity (Wildman–Crippen MR) is 110 cm³/mol. The number of fused-ring (bicyclic) bond motifs is 1. The molecular formula is C20H22N2O6S. The maximum absolute atomic E-state index is 12.6. The van der Waals surface area contributed by atoms with Crippen LogP contribution >= 0.6 is 0 Å². The number of H-pyrrole nitrogens is 1. The lowest BCUT2D eigenvalue weighted by Crippen LogP contribution is -2.28. The number of methoxy groups -OCH3 is 3. The van der Waals surface area contributed by atoms with E-state index >= 15 is 0 Å². The quantitative estimate of drug-likeness (QED) is 0.580. The summed E-state index contributed by atoms with van der Waals surface area (Å²) in [6, 6.07) is 11.6. The fourth-order valence-corrected chi connectivity index (χ4v) is 4.11. The molecule has 0 aliphatic carbocycles. The van der Waals surface area contributed by atoms with Crippen molar-refractivity contribution in [3.05, 3.63) is 58.4 Å². The van der Waals surface area contributed by atoms with Gasteiger partial charge in [-0.1, -0.05) is 0 Å². The van der Waals surface area contributed by atoms with Gasteiger partial charge in [-0.15, -0.1) is 0 Å². The van der Waals surface area contributed by atoms with Crippen LogP contribution in [0.25, 0.3) is 10.9 Å². The predicted octanol–water partition coefficient (Wildman–Crippen LogP) is 2.07. The summed E-state index contributed by atoms with van der Waals surface area (Å²) in [6.07, 6.45) is 0.231. The van der Waals surface area contributed by atoms with Crippen molar-refractivity contribution in [2.45, 2.75) is 11.3 Å². The van der Waals surface area contributed by atoms with Crippen LogP contribution in [0.2, 0.25) is 0 Å². The molecule has 0 bridgehead atoms. The molecule has 0 aliphatic heterocycles. The van der Waals surface area contributed by atoms with Crippen molar-refractivity contribution in [1.82, 2.24) is 9.71 Å². The van der Waals surface area contributed by atoms with Crippen molar-refractivity contribution >= 4 is 20.9 Å². The van der Waals surface area contributed by atoms with Crippen LogP contribution in [0, 0.1) is 0 Å². The Balaban J connectivity index is 1.77. The van der Waals surface area contributed by atoms with E-state index < -0.39 is 10.0 Å². The Labute approximate surface area is 168 Å². The molecule has 2 N–H and O–H groups in total. The number of aromatic amines is 1. The van der Waals surface area contributed by atoms with E-state index in [1.165, 1.54) is 26.4 Å². The fourth-order valence-electron chi connectivity index (χ4n) is 2.93. The average Bonchev–Trinajstić information content (AvgIpc) is 2.73. The van der Waals surface area contributed by atoms with Gasteiger partial charge in [0.25, 0.3) is 5.56 Å². The maximum Gasteiger partial charge on any atom is 0.251 e. The number of pyridine rings is 1. The molecule has 1 aromatic heterocycles. The summed E-state index contributed by atoms with van der Waals surface area (Å²) in [5, 5.41) is 0.833. The molecule has 3 rings (SSSR count). The van der Waals surface area contributed by atoms with E-state index in [1.807, 2.05) is 6.07 Å². The minimum Gasteiger partial charge on any atom is -0.497 e. The number of benzene rings is 2. The molecule has 0 fully saturated rings. The normalized spacial score (nSPS) is 11.4. The van der Waals surface area contributed by atoms with E-state index in [2.05, 4.69) is 9.71 Å². The van der Waals surface area contributed by atoms with Crippen molar-refractivity contribution < 1.29 is 22.6 Å². The molecule has 0 amide bonds. The van der Waals surface area contributed by atoms with Crippen LogP contribution in [0.15, 0.2) is 52.2 Å². The van der Waals surface area contributed by atoms with Gasteiger partial charge in [-0.05, 0) is 42.1 Å².